The predicted molar refractivity (Wildman–Crippen MR) is 108 cm³/mol. The molecule has 0 amide bonds. The predicted octanol–water partition coefficient (Wildman–Crippen LogP) is 4.52. The van der Waals surface area contributed by atoms with Gasteiger partial charge in [-0.05, 0) is 30.2 Å². The summed E-state index contributed by atoms with van der Waals surface area (Å²) >= 11 is 0. The lowest BCUT2D eigenvalue weighted by Gasteiger charge is -2.33. The molecule has 1 aromatic carbocycles. The first-order chi connectivity index (χ1) is 13.4. The van der Waals surface area contributed by atoms with Crippen LogP contribution >= 0.6 is 0 Å². The number of rotatable bonds is 3. The van der Waals surface area contributed by atoms with Gasteiger partial charge in [-0.25, -0.2) is 0 Å². The summed E-state index contributed by atoms with van der Waals surface area (Å²) in [7, 11) is 2.09. The third-order valence-electron chi connectivity index (χ3n) is 5.41. The van der Waals surface area contributed by atoms with Crippen molar-refractivity contribution in [2.45, 2.75) is 38.9 Å². The molecular weight excluding hydrogens is 379 g/mol. The largest absolute Gasteiger partial charge is 0.507 e. The van der Waals surface area contributed by atoms with Crippen LogP contribution in [0, 0.1) is 0 Å². The number of hydrogen-bond donors (Lipinski definition) is 1. The topological polar surface area (TPSA) is 39.6 Å². The monoisotopic (exact) mass is 407 g/mol. The summed E-state index contributed by atoms with van der Waals surface area (Å²) in [5, 5.41) is 11.0. The van der Waals surface area contributed by atoms with Gasteiger partial charge in [-0.3, -0.25) is 9.88 Å². The number of phenolic OH excluding ortho intramolecular Hbond substituents is 1. The van der Waals surface area contributed by atoms with Gasteiger partial charge >= 0.3 is 6.18 Å². The molecule has 4 nitrogen and oxygen atoms in total. The molecule has 0 spiro atoms. The average molecular weight is 407 g/mol. The van der Waals surface area contributed by atoms with Gasteiger partial charge in [0.1, 0.15) is 11.4 Å². The smallest absolute Gasteiger partial charge is 0.433 e. The van der Waals surface area contributed by atoms with Gasteiger partial charge in [0.15, 0.2) is 0 Å². The van der Waals surface area contributed by atoms with E-state index in [0.29, 0.717) is 17.7 Å². The number of benzene rings is 1. The Labute approximate surface area is 170 Å². The molecule has 1 saturated heterocycles. The molecule has 0 unspecified atom stereocenters. The van der Waals surface area contributed by atoms with Crippen LogP contribution in [-0.4, -0.2) is 53.1 Å². The molecule has 7 heteroatoms. The highest BCUT2D eigenvalue weighted by atomic mass is 19.4. The summed E-state index contributed by atoms with van der Waals surface area (Å²) < 4.78 is 38.6. The number of halogens is 3. The summed E-state index contributed by atoms with van der Waals surface area (Å²) in [4.78, 5) is 8.11. The molecule has 0 bridgehead atoms. The van der Waals surface area contributed by atoms with Crippen LogP contribution in [0.3, 0.4) is 0 Å². The van der Waals surface area contributed by atoms with Crippen molar-refractivity contribution in [2.75, 3.05) is 33.2 Å². The molecule has 0 aliphatic carbocycles. The second-order valence-electron chi connectivity index (χ2n) is 8.79. The van der Waals surface area contributed by atoms with E-state index in [0.717, 1.165) is 43.4 Å². The highest BCUT2D eigenvalue weighted by Crippen LogP contribution is 2.38. The number of phenols is 1. The van der Waals surface area contributed by atoms with Crippen molar-refractivity contribution in [3.8, 4) is 16.9 Å². The number of aromatic nitrogens is 1. The van der Waals surface area contributed by atoms with E-state index in [9.17, 15) is 18.3 Å². The molecular formula is C22H28F3N3O. The number of hydrogen-bond acceptors (Lipinski definition) is 4. The molecule has 1 N–H and O–H groups in total. The molecule has 158 valence electrons. The van der Waals surface area contributed by atoms with Crippen molar-refractivity contribution in [1.82, 2.24) is 14.8 Å². The van der Waals surface area contributed by atoms with E-state index < -0.39 is 11.9 Å². The Bertz CT molecular complexity index is 849. The fourth-order valence-electron chi connectivity index (χ4n) is 3.44. The number of likely N-dealkylation sites (N-methyl/N-ethyl adjacent to an activating group) is 1. The highest BCUT2D eigenvalue weighted by Gasteiger charge is 2.32. The minimum Gasteiger partial charge on any atom is -0.507 e. The highest BCUT2D eigenvalue weighted by molar-refractivity contribution is 5.72. The first-order valence-electron chi connectivity index (χ1n) is 9.76. The third-order valence-corrected chi connectivity index (χ3v) is 5.41. The van der Waals surface area contributed by atoms with Crippen LogP contribution < -0.4 is 0 Å². The molecule has 1 aliphatic rings. The lowest BCUT2D eigenvalue weighted by atomic mass is 9.83. The van der Waals surface area contributed by atoms with Crippen molar-refractivity contribution in [2.24, 2.45) is 0 Å². The Balaban J connectivity index is 2.00. The maximum absolute atomic E-state index is 12.9. The first kappa shape index (κ1) is 21.6. The van der Waals surface area contributed by atoms with Gasteiger partial charge in [-0.2, -0.15) is 13.2 Å². The maximum Gasteiger partial charge on any atom is 0.433 e. The second kappa shape index (κ2) is 7.95. The van der Waals surface area contributed by atoms with E-state index in [1.807, 2.05) is 12.1 Å². The quantitative estimate of drug-likeness (QED) is 0.812. The molecule has 2 aromatic rings. The number of nitrogens with zero attached hydrogens (tertiary/aromatic N) is 3. The van der Waals surface area contributed by atoms with Gasteiger partial charge < -0.3 is 10.0 Å². The van der Waals surface area contributed by atoms with Crippen molar-refractivity contribution in [3.63, 3.8) is 0 Å². The van der Waals surface area contributed by atoms with Crippen LogP contribution in [-0.2, 0) is 18.1 Å². The Kier molecular flexibility index (Phi) is 5.92. The van der Waals surface area contributed by atoms with Crippen molar-refractivity contribution in [1.29, 1.82) is 0 Å². The molecule has 2 heterocycles. The van der Waals surface area contributed by atoms with Crippen LogP contribution in [0.2, 0.25) is 0 Å². The number of piperazine rings is 1. The van der Waals surface area contributed by atoms with E-state index in [1.54, 1.807) is 0 Å². The molecule has 1 aliphatic heterocycles. The zero-order valence-electron chi connectivity index (χ0n) is 17.3. The van der Waals surface area contributed by atoms with E-state index in [4.69, 9.17) is 0 Å². The van der Waals surface area contributed by atoms with Crippen LogP contribution in [0.1, 0.15) is 37.6 Å². The van der Waals surface area contributed by atoms with Gasteiger partial charge in [0, 0.05) is 55.6 Å². The van der Waals surface area contributed by atoms with Crippen LogP contribution in [0.4, 0.5) is 13.2 Å². The molecule has 3 rings (SSSR count). The summed E-state index contributed by atoms with van der Waals surface area (Å²) in [5.41, 5.74) is 1.69. The Morgan fingerprint density at radius 2 is 1.69 bits per heavy atom. The van der Waals surface area contributed by atoms with E-state index >= 15 is 0 Å². The fourth-order valence-corrected chi connectivity index (χ4v) is 3.44. The number of aromatic hydroxyl groups is 1. The molecule has 29 heavy (non-hydrogen) atoms. The van der Waals surface area contributed by atoms with E-state index in [2.05, 4.69) is 42.6 Å². The molecule has 0 radical (unpaired) electrons. The Morgan fingerprint density at radius 1 is 1.03 bits per heavy atom. The summed E-state index contributed by atoms with van der Waals surface area (Å²) in [6, 6.07) is 6.19. The normalized spacial score (nSPS) is 16.9. The van der Waals surface area contributed by atoms with Gasteiger partial charge in [-0.15, -0.1) is 0 Å². The standard InChI is InChI=1S/C22H28F3N3O/c1-21(2,3)17-11-16(14-28-9-7-27(4)8-10-28)20(29)18(12-17)15-5-6-19(26-13-15)22(23,24)25/h5-6,11-13,29H,7-10,14H2,1-4H3. The number of pyridine rings is 1. The maximum atomic E-state index is 12.9. The van der Waals surface area contributed by atoms with Crippen LogP contribution in [0.25, 0.3) is 11.1 Å². The van der Waals surface area contributed by atoms with E-state index in [1.165, 1.54) is 12.3 Å². The SMILES string of the molecule is CN1CCN(Cc2cc(C(C)(C)C)cc(-c3ccc(C(F)(F)F)nc3)c2O)CC1. The Morgan fingerprint density at radius 3 is 2.21 bits per heavy atom. The summed E-state index contributed by atoms with van der Waals surface area (Å²) in [6.45, 7) is 10.6. The third kappa shape index (κ3) is 5.08. The van der Waals surface area contributed by atoms with Crippen molar-refractivity contribution in [3.05, 3.63) is 47.3 Å². The minimum absolute atomic E-state index is 0.110. The van der Waals surface area contributed by atoms with Crippen LogP contribution in [0.15, 0.2) is 30.5 Å². The molecule has 1 aromatic heterocycles. The summed E-state index contributed by atoms with van der Waals surface area (Å²) in [5.74, 6) is 0.110. The lowest BCUT2D eigenvalue weighted by molar-refractivity contribution is -0.141. The lowest BCUT2D eigenvalue weighted by Crippen LogP contribution is -2.43. The summed E-state index contributed by atoms with van der Waals surface area (Å²) in [6.07, 6.45) is -3.30. The van der Waals surface area contributed by atoms with Crippen LogP contribution in [0.5, 0.6) is 5.75 Å². The zero-order valence-corrected chi connectivity index (χ0v) is 17.3. The van der Waals surface area contributed by atoms with Gasteiger partial charge in [0.25, 0.3) is 0 Å². The average Bonchev–Trinajstić information content (AvgIpc) is 2.63. The van der Waals surface area contributed by atoms with Crippen molar-refractivity contribution >= 4 is 0 Å². The van der Waals surface area contributed by atoms with Gasteiger partial charge in [0.05, 0.1) is 0 Å². The van der Waals surface area contributed by atoms with Crippen molar-refractivity contribution < 1.29 is 18.3 Å². The van der Waals surface area contributed by atoms with E-state index in [-0.39, 0.29) is 11.2 Å². The fraction of sp³-hybridized carbons (Fsp3) is 0.500. The Hall–Kier alpha value is -2.12. The molecule has 1 fully saturated rings. The van der Waals surface area contributed by atoms with Gasteiger partial charge in [-0.1, -0.05) is 32.9 Å². The van der Waals surface area contributed by atoms with Gasteiger partial charge in [0.2, 0.25) is 0 Å². The second-order valence-corrected chi connectivity index (χ2v) is 8.79. The molecule has 0 saturated carbocycles. The number of alkyl halides is 3. The first-order valence-corrected chi connectivity index (χ1v) is 9.76. The molecule has 0 atom stereocenters. The minimum atomic E-state index is -4.49. The zero-order chi connectivity index (χ0) is 21.4.